The number of hydrogen-bond donors (Lipinski definition) is 2. The van der Waals surface area contributed by atoms with Crippen molar-refractivity contribution in [3.05, 3.63) is 59.0 Å². The average Bonchev–Trinajstić information content (AvgIpc) is 2.91. The zero-order valence-electron chi connectivity index (χ0n) is 11.8. The van der Waals surface area contributed by atoms with Crippen LogP contribution in [0.1, 0.15) is 17.0 Å². The van der Waals surface area contributed by atoms with Gasteiger partial charge in [-0.2, -0.15) is 0 Å². The van der Waals surface area contributed by atoms with Crippen LogP contribution in [0.2, 0.25) is 0 Å². The van der Waals surface area contributed by atoms with Crippen LogP contribution in [0.5, 0.6) is 0 Å². The van der Waals surface area contributed by atoms with Crippen molar-refractivity contribution in [3.63, 3.8) is 0 Å². The molecule has 1 aliphatic rings. The highest BCUT2D eigenvalue weighted by Gasteiger charge is 2.21. The molecule has 0 unspecified atom stereocenters. The Bertz CT molecular complexity index is 759. The van der Waals surface area contributed by atoms with Gasteiger partial charge in [0.15, 0.2) is 5.11 Å². The standard InChI is InChI=1S/C16H15N3OS/c1-10-8-12(9-14-15(20)18-16(21)17-14)11(2)19(10)13-6-4-3-5-7-13/h3-9H,1-2H3,(H2,17,18,20,21)/b14-9-. The van der Waals surface area contributed by atoms with Crippen molar-refractivity contribution in [3.8, 4) is 5.69 Å². The lowest BCUT2D eigenvalue weighted by atomic mass is 10.2. The van der Waals surface area contributed by atoms with Crippen molar-refractivity contribution >= 4 is 29.3 Å². The minimum absolute atomic E-state index is 0.190. The molecule has 106 valence electrons. The van der Waals surface area contributed by atoms with Crippen molar-refractivity contribution in [2.75, 3.05) is 0 Å². The van der Waals surface area contributed by atoms with Crippen LogP contribution < -0.4 is 10.6 Å². The van der Waals surface area contributed by atoms with Crippen LogP contribution in [0.3, 0.4) is 0 Å². The van der Waals surface area contributed by atoms with Crippen LogP contribution in [-0.2, 0) is 4.79 Å². The third kappa shape index (κ3) is 2.48. The van der Waals surface area contributed by atoms with Crippen LogP contribution >= 0.6 is 12.2 Å². The Balaban J connectivity index is 2.05. The minimum Gasteiger partial charge on any atom is -0.328 e. The van der Waals surface area contributed by atoms with Crippen molar-refractivity contribution in [1.29, 1.82) is 0 Å². The maximum Gasteiger partial charge on any atom is 0.273 e. The summed E-state index contributed by atoms with van der Waals surface area (Å²) in [7, 11) is 0. The first-order valence-electron chi connectivity index (χ1n) is 6.64. The number of nitrogens with one attached hydrogen (secondary N) is 2. The van der Waals surface area contributed by atoms with E-state index in [-0.39, 0.29) is 5.91 Å². The molecule has 1 amide bonds. The molecule has 1 aliphatic heterocycles. The highest BCUT2D eigenvalue weighted by atomic mass is 32.1. The number of carbonyl (C=O) groups is 1. The van der Waals surface area contributed by atoms with Gasteiger partial charge in [0.25, 0.3) is 5.91 Å². The lowest BCUT2D eigenvalue weighted by Gasteiger charge is -2.09. The minimum atomic E-state index is -0.190. The van der Waals surface area contributed by atoms with Gasteiger partial charge in [-0.05, 0) is 55.9 Å². The predicted octanol–water partition coefficient (Wildman–Crippen LogP) is 2.44. The summed E-state index contributed by atoms with van der Waals surface area (Å²) in [4.78, 5) is 11.7. The third-order valence-corrected chi connectivity index (χ3v) is 3.71. The number of aryl methyl sites for hydroxylation is 1. The zero-order chi connectivity index (χ0) is 15.0. The Morgan fingerprint density at radius 3 is 2.48 bits per heavy atom. The molecule has 0 bridgehead atoms. The van der Waals surface area contributed by atoms with Gasteiger partial charge in [-0.1, -0.05) is 18.2 Å². The Morgan fingerprint density at radius 2 is 1.86 bits per heavy atom. The topological polar surface area (TPSA) is 46.1 Å². The van der Waals surface area contributed by atoms with E-state index in [1.807, 2.05) is 31.2 Å². The van der Waals surface area contributed by atoms with E-state index in [9.17, 15) is 4.79 Å². The Morgan fingerprint density at radius 1 is 1.14 bits per heavy atom. The van der Waals surface area contributed by atoms with E-state index >= 15 is 0 Å². The average molecular weight is 297 g/mol. The molecule has 0 aliphatic carbocycles. The summed E-state index contributed by atoms with van der Waals surface area (Å²) in [5.74, 6) is -0.190. The van der Waals surface area contributed by atoms with Crippen LogP contribution in [0.4, 0.5) is 0 Å². The molecule has 1 aromatic carbocycles. The number of nitrogens with zero attached hydrogens (tertiary/aromatic N) is 1. The summed E-state index contributed by atoms with van der Waals surface area (Å²) < 4.78 is 2.16. The van der Waals surface area contributed by atoms with E-state index in [1.54, 1.807) is 0 Å². The smallest absolute Gasteiger partial charge is 0.273 e. The normalized spacial score (nSPS) is 16.2. The van der Waals surface area contributed by atoms with Gasteiger partial charge in [-0.15, -0.1) is 0 Å². The Hall–Kier alpha value is -2.40. The van der Waals surface area contributed by atoms with E-state index in [0.29, 0.717) is 10.8 Å². The van der Waals surface area contributed by atoms with E-state index < -0.39 is 0 Å². The van der Waals surface area contributed by atoms with Gasteiger partial charge in [-0.3, -0.25) is 10.1 Å². The molecule has 4 nitrogen and oxygen atoms in total. The second-order valence-electron chi connectivity index (χ2n) is 4.96. The first-order valence-corrected chi connectivity index (χ1v) is 7.05. The summed E-state index contributed by atoms with van der Waals surface area (Å²) >= 11 is 4.94. The quantitative estimate of drug-likeness (QED) is 0.661. The second-order valence-corrected chi connectivity index (χ2v) is 5.37. The molecule has 0 saturated carbocycles. The molecule has 2 heterocycles. The lowest BCUT2D eigenvalue weighted by Crippen LogP contribution is -2.21. The highest BCUT2D eigenvalue weighted by molar-refractivity contribution is 7.80. The fourth-order valence-electron chi connectivity index (χ4n) is 2.55. The number of para-hydroxylation sites is 1. The highest BCUT2D eigenvalue weighted by Crippen LogP contribution is 2.22. The van der Waals surface area contributed by atoms with Crippen LogP contribution in [-0.4, -0.2) is 15.6 Å². The van der Waals surface area contributed by atoms with Gasteiger partial charge in [0.2, 0.25) is 0 Å². The zero-order valence-corrected chi connectivity index (χ0v) is 12.6. The third-order valence-electron chi connectivity index (χ3n) is 3.50. The number of thiocarbonyl (C=S) groups is 1. The van der Waals surface area contributed by atoms with Gasteiger partial charge in [0.05, 0.1) is 0 Å². The molecular formula is C16H15N3OS. The van der Waals surface area contributed by atoms with E-state index in [2.05, 4.69) is 40.3 Å². The first kappa shape index (κ1) is 13.6. The fraction of sp³-hybridized carbons (Fsp3) is 0.125. The molecular weight excluding hydrogens is 282 g/mol. The number of amides is 1. The SMILES string of the molecule is Cc1cc(/C=C2\NC(=S)NC2=O)c(C)n1-c1ccccc1. The summed E-state index contributed by atoms with van der Waals surface area (Å²) in [6, 6.07) is 12.2. The van der Waals surface area contributed by atoms with Crippen molar-refractivity contribution in [1.82, 2.24) is 15.2 Å². The molecule has 3 rings (SSSR count). The molecule has 2 N–H and O–H groups in total. The van der Waals surface area contributed by atoms with Gasteiger partial charge in [0, 0.05) is 17.1 Å². The van der Waals surface area contributed by atoms with Gasteiger partial charge in [0.1, 0.15) is 5.70 Å². The van der Waals surface area contributed by atoms with Crippen LogP contribution in [0.25, 0.3) is 11.8 Å². The van der Waals surface area contributed by atoms with Crippen LogP contribution in [0.15, 0.2) is 42.1 Å². The van der Waals surface area contributed by atoms with Crippen molar-refractivity contribution < 1.29 is 4.79 Å². The largest absolute Gasteiger partial charge is 0.328 e. The van der Waals surface area contributed by atoms with Gasteiger partial charge >= 0.3 is 0 Å². The summed E-state index contributed by atoms with van der Waals surface area (Å²) in [6.07, 6.45) is 1.83. The molecule has 0 spiro atoms. The maximum atomic E-state index is 11.7. The lowest BCUT2D eigenvalue weighted by molar-refractivity contribution is -0.115. The summed E-state index contributed by atoms with van der Waals surface area (Å²) in [5.41, 5.74) is 4.79. The van der Waals surface area contributed by atoms with E-state index in [4.69, 9.17) is 12.2 Å². The first-order chi connectivity index (χ1) is 10.1. The molecule has 2 aromatic rings. The molecule has 0 atom stereocenters. The molecule has 1 aromatic heterocycles. The number of benzene rings is 1. The Kier molecular flexibility index (Phi) is 3.35. The monoisotopic (exact) mass is 297 g/mol. The van der Waals surface area contributed by atoms with E-state index in [1.165, 1.54) is 0 Å². The fourth-order valence-corrected chi connectivity index (χ4v) is 2.75. The summed E-state index contributed by atoms with van der Waals surface area (Å²) in [6.45, 7) is 4.09. The van der Waals surface area contributed by atoms with Crippen LogP contribution in [0, 0.1) is 13.8 Å². The number of carbonyl (C=O) groups excluding carboxylic acids is 1. The predicted molar refractivity (Wildman–Crippen MR) is 87.1 cm³/mol. The van der Waals surface area contributed by atoms with Crippen molar-refractivity contribution in [2.45, 2.75) is 13.8 Å². The van der Waals surface area contributed by atoms with Crippen molar-refractivity contribution in [2.24, 2.45) is 0 Å². The second kappa shape index (κ2) is 5.18. The van der Waals surface area contributed by atoms with E-state index in [0.717, 1.165) is 22.6 Å². The Labute approximate surface area is 128 Å². The molecule has 5 heteroatoms. The molecule has 1 fully saturated rings. The molecule has 0 radical (unpaired) electrons. The molecule has 1 saturated heterocycles. The molecule has 21 heavy (non-hydrogen) atoms. The van der Waals surface area contributed by atoms with Gasteiger partial charge < -0.3 is 9.88 Å². The number of rotatable bonds is 2. The van der Waals surface area contributed by atoms with Gasteiger partial charge in [-0.25, -0.2) is 0 Å². The number of aromatic nitrogens is 1. The number of hydrogen-bond acceptors (Lipinski definition) is 2. The maximum absolute atomic E-state index is 11.7. The summed E-state index contributed by atoms with van der Waals surface area (Å²) in [5, 5.41) is 5.79.